The first-order chi connectivity index (χ1) is 8.08. The van der Waals surface area contributed by atoms with Crippen LogP contribution < -0.4 is 10.5 Å². The van der Waals surface area contributed by atoms with E-state index in [9.17, 15) is 10.1 Å². The number of ether oxygens (including phenoxy) is 1. The van der Waals surface area contributed by atoms with Gasteiger partial charge in [0, 0.05) is 11.8 Å². The first kappa shape index (κ1) is 10.9. The second-order valence-electron chi connectivity index (χ2n) is 3.44. The van der Waals surface area contributed by atoms with Gasteiger partial charge in [-0.05, 0) is 19.1 Å². The molecule has 0 aliphatic heterocycles. The van der Waals surface area contributed by atoms with Crippen LogP contribution in [0.4, 0.5) is 11.4 Å². The van der Waals surface area contributed by atoms with Gasteiger partial charge in [0.15, 0.2) is 0 Å². The van der Waals surface area contributed by atoms with Gasteiger partial charge in [0.2, 0.25) is 11.6 Å². The molecule has 0 saturated heterocycles. The maximum atomic E-state index is 10.9. The van der Waals surface area contributed by atoms with E-state index in [1.54, 1.807) is 19.1 Å². The van der Waals surface area contributed by atoms with Crippen LogP contribution in [0.5, 0.6) is 11.6 Å². The molecule has 0 atom stereocenters. The molecule has 0 saturated carbocycles. The molecule has 0 unspecified atom stereocenters. The molecule has 0 aliphatic rings. The first-order valence-corrected chi connectivity index (χ1v) is 4.80. The highest BCUT2D eigenvalue weighted by molar-refractivity contribution is 5.66. The van der Waals surface area contributed by atoms with Crippen molar-refractivity contribution in [1.82, 2.24) is 10.2 Å². The van der Waals surface area contributed by atoms with Crippen LogP contribution in [0.15, 0.2) is 24.3 Å². The minimum atomic E-state index is -0.579. The van der Waals surface area contributed by atoms with E-state index in [4.69, 9.17) is 10.5 Å². The molecule has 0 amide bonds. The van der Waals surface area contributed by atoms with Gasteiger partial charge in [0.05, 0.1) is 4.92 Å². The smallest absolute Gasteiger partial charge is 0.334 e. The highest BCUT2D eigenvalue weighted by Crippen LogP contribution is 2.35. The van der Waals surface area contributed by atoms with E-state index in [1.165, 1.54) is 12.1 Å². The number of nitrogen functional groups attached to an aromatic ring is 1. The molecule has 0 bridgehead atoms. The molecule has 2 rings (SSSR count). The summed E-state index contributed by atoms with van der Waals surface area (Å²) < 4.78 is 5.31. The third-order valence-electron chi connectivity index (χ3n) is 2.11. The van der Waals surface area contributed by atoms with Crippen LogP contribution in [0.1, 0.15) is 5.69 Å². The lowest BCUT2D eigenvalue weighted by Gasteiger charge is -2.04. The van der Waals surface area contributed by atoms with Gasteiger partial charge >= 0.3 is 5.69 Å². The molecule has 1 heterocycles. The summed E-state index contributed by atoms with van der Waals surface area (Å²) in [7, 11) is 0. The van der Waals surface area contributed by atoms with E-state index in [2.05, 4.69) is 10.2 Å². The Morgan fingerprint density at radius 3 is 2.88 bits per heavy atom. The zero-order valence-electron chi connectivity index (χ0n) is 9.01. The molecule has 88 valence electrons. The van der Waals surface area contributed by atoms with E-state index in [0.29, 0.717) is 0 Å². The van der Waals surface area contributed by atoms with E-state index in [-0.39, 0.29) is 23.0 Å². The Bertz CT molecular complexity index is 564. The van der Waals surface area contributed by atoms with E-state index in [0.717, 1.165) is 5.69 Å². The zero-order chi connectivity index (χ0) is 12.4. The molecule has 7 nitrogen and oxygen atoms in total. The molecule has 1 aromatic heterocycles. The van der Waals surface area contributed by atoms with E-state index < -0.39 is 4.92 Å². The lowest BCUT2D eigenvalue weighted by atomic mass is 10.2. The Hall–Kier alpha value is -2.57. The van der Waals surface area contributed by atoms with Gasteiger partial charge in [0.25, 0.3) is 0 Å². The number of nitrogens with zero attached hydrogens (tertiary/aromatic N) is 2. The number of hydrogen-bond donors (Lipinski definition) is 2. The van der Waals surface area contributed by atoms with Gasteiger partial charge in [0.1, 0.15) is 5.69 Å². The number of nitrogens with two attached hydrogens (primary N) is 1. The average Bonchev–Trinajstić information content (AvgIpc) is 2.63. The summed E-state index contributed by atoms with van der Waals surface area (Å²) >= 11 is 0. The Kier molecular flexibility index (Phi) is 2.65. The lowest BCUT2D eigenvalue weighted by Crippen LogP contribution is -1.98. The van der Waals surface area contributed by atoms with Crippen molar-refractivity contribution in [1.29, 1.82) is 0 Å². The van der Waals surface area contributed by atoms with Gasteiger partial charge in [-0.1, -0.05) is 6.07 Å². The Morgan fingerprint density at radius 1 is 1.53 bits per heavy atom. The standard InChI is InChI=1S/C10H10N4O3/c1-6-5-9(13-12-6)17-8-4-2-3-7(11)10(8)14(15)16/h2-5H,11H2,1H3,(H,12,13). The van der Waals surface area contributed by atoms with Crippen molar-refractivity contribution in [3.63, 3.8) is 0 Å². The molecule has 0 radical (unpaired) electrons. The number of aryl methyl sites for hydroxylation is 1. The number of aromatic amines is 1. The summed E-state index contributed by atoms with van der Waals surface area (Å²) in [5, 5.41) is 17.4. The van der Waals surface area contributed by atoms with Crippen LogP contribution in [0, 0.1) is 17.0 Å². The molecule has 0 spiro atoms. The monoisotopic (exact) mass is 234 g/mol. The fraction of sp³-hybridized carbons (Fsp3) is 0.100. The van der Waals surface area contributed by atoms with Crippen molar-refractivity contribution in [2.45, 2.75) is 6.92 Å². The third kappa shape index (κ3) is 2.17. The zero-order valence-corrected chi connectivity index (χ0v) is 9.01. The number of benzene rings is 1. The van der Waals surface area contributed by atoms with Gasteiger partial charge in [-0.3, -0.25) is 15.2 Å². The SMILES string of the molecule is Cc1cc(Oc2cccc(N)c2[N+](=O)[O-])n[nH]1. The summed E-state index contributed by atoms with van der Waals surface area (Å²) in [4.78, 5) is 10.3. The predicted octanol–water partition coefficient (Wildman–Crippen LogP) is 2.00. The van der Waals surface area contributed by atoms with Crippen LogP contribution in [0.3, 0.4) is 0 Å². The van der Waals surface area contributed by atoms with Gasteiger partial charge in [-0.2, -0.15) is 0 Å². The van der Waals surface area contributed by atoms with Crippen LogP contribution in [0.2, 0.25) is 0 Å². The van der Waals surface area contributed by atoms with Crippen molar-refractivity contribution < 1.29 is 9.66 Å². The number of nitro groups is 1. The average molecular weight is 234 g/mol. The highest BCUT2D eigenvalue weighted by Gasteiger charge is 2.20. The number of anilines is 1. The molecule has 0 fully saturated rings. The molecule has 0 aliphatic carbocycles. The predicted molar refractivity (Wildman–Crippen MR) is 60.9 cm³/mol. The maximum absolute atomic E-state index is 10.9. The summed E-state index contributed by atoms with van der Waals surface area (Å²) in [5.41, 5.74) is 6.13. The Balaban J connectivity index is 2.39. The molecule has 1 aromatic carbocycles. The van der Waals surface area contributed by atoms with Crippen molar-refractivity contribution >= 4 is 11.4 Å². The van der Waals surface area contributed by atoms with Crippen molar-refractivity contribution in [2.75, 3.05) is 5.73 Å². The summed E-state index contributed by atoms with van der Waals surface area (Å²) in [6.45, 7) is 1.80. The number of para-hydroxylation sites is 1. The van der Waals surface area contributed by atoms with Crippen LogP contribution >= 0.6 is 0 Å². The highest BCUT2D eigenvalue weighted by atomic mass is 16.6. The fourth-order valence-electron chi connectivity index (χ4n) is 1.38. The molecule has 2 aromatic rings. The normalized spacial score (nSPS) is 10.2. The topological polar surface area (TPSA) is 107 Å². The molecule has 7 heteroatoms. The summed E-state index contributed by atoms with van der Waals surface area (Å²) in [5.74, 6) is 0.331. The minimum Gasteiger partial charge on any atom is -0.430 e. The van der Waals surface area contributed by atoms with Crippen molar-refractivity contribution in [3.05, 3.63) is 40.1 Å². The largest absolute Gasteiger partial charge is 0.430 e. The van der Waals surface area contributed by atoms with Crippen molar-refractivity contribution in [2.24, 2.45) is 0 Å². The van der Waals surface area contributed by atoms with E-state index in [1.807, 2.05) is 0 Å². The number of rotatable bonds is 3. The summed E-state index contributed by atoms with van der Waals surface area (Å²) in [6.07, 6.45) is 0. The molecular weight excluding hydrogens is 224 g/mol. The lowest BCUT2D eigenvalue weighted by molar-refractivity contribution is -0.384. The van der Waals surface area contributed by atoms with Gasteiger partial charge in [-0.25, -0.2) is 0 Å². The molecular formula is C10H10N4O3. The van der Waals surface area contributed by atoms with Crippen LogP contribution in [-0.2, 0) is 0 Å². The van der Waals surface area contributed by atoms with Gasteiger partial charge < -0.3 is 10.5 Å². The summed E-state index contributed by atoms with van der Waals surface area (Å²) in [6, 6.07) is 6.13. The van der Waals surface area contributed by atoms with Crippen LogP contribution in [-0.4, -0.2) is 15.1 Å². The second kappa shape index (κ2) is 4.12. The second-order valence-corrected chi connectivity index (χ2v) is 3.44. The number of H-pyrrole nitrogens is 1. The Morgan fingerprint density at radius 2 is 2.29 bits per heavy atom. The third-order valence-corrected chi connectivity index (χ3v) is 2.11. The maximum Gasteiger partial charge on any atom is 0.334 e. The number of nitro benzene ring substituents is 1. The first-order valence-electron chi connectivity index (χ1n) is 4.80. The van der Waals surface area contributed by atoms with Crippen molar-refractivity contribution in [3.8, 4) is 11.6 Å². The van der Waals surface area contributed by atoms with E-state index >= 15 is 0 Å². The van der Waals surface area contributed by atoms with Gasteiger partial charge in [-0.15, -0.1) is 5.10 Å². The quantitative estimate of drug-likeness (QED) is 0.479. The molecule has 3 N–H and O–H groups in total. The number of hydrogen-bond acceptors (Lipinski definition) is 5. The Labute approximate surface area is 96.4 Å². The minimum absolute atomic E-state index is 0.0553. The fourth-order valence-corrected chi connectivity index (χ4v) is 1.38. The number of aromatic nitrogens is 2. The van der Waals surface area contributed by atoms with Crippen LogP contribution in [0.25, 0.3) is 0 Å². The number of nitrogens with one attached hydrogen (secondary N) is 1. The molecule has 17 heavy (non-hydrogen) atoms.